The Morgan fingerprint density at radius 2 is 1.90 bits per heavy atom. The van der Waals surface area contributed by atoms with Crippen molar-refractivity contribution in [1.82, 2.24) is 14.3 Å². The summed E-state index contributed by atoms with van der Waals surface area (Å²) in [6.45, 7) is 2.88. The minimum atomic E-state index is -3.39. The van der Waals surface area contributed by atoms with E-state index in [4.69, 9.17) is 0 Å². The molecule has 1 aromatic rings. The largest absolute Gasteiger partial charge is 0.317 e. The van der Waals surface area contributed by atoms with Gasteiger partial charge in [-0.15, -0.1) is 0 Å². The van der Waals surface area contributed by atoms with Crippen LogP contribution in [-0.2, 0) is 16.8 Å². The Balaban J connectivity index is 1.85. The predicted octanol–water partition coefficient (Wildman–Crippen LogP) is 0.952. The summed E-state index contributed by atoms with van der Waals surface area (Å²) in [5.74, 6) is 0.441. The zero-order valence-corrected chi connectivity index (χ0v) is 12.7. The van der Waals surface area contributed by atoms with Gasteiger partial charge >= 0.3 is 0 Å². The van der Waals surface area contributed by atoms with Crippen molar-refractivity contribution in [3.8, 4) is 0 Å². The van der Waals surface area contributed by atoms with Gasteiger partial charge < -0.3 is 5.32 Å². The van der Waals surface area contributed by atoms with Crippen LogP contribution < -0.4 is 10.0 Å². The van der Waals surface area contributed by atoms with E-state index in [0.717, 1.165) is 31.5 Å². The monoisotopic (exact) mass is 297 g/mol. The zero-order valence-electron chi connectivity index (χ0n) is 11.9. The molecule has 0 aliphatic carbocycles. The highest BCUT2D eigenvalue weighted by Gasteiger charge is 2.20. The average molecular weight is 297 g/mol. The van der Waals surface area contributed by atoms with Crippen molar-refractivity contribution in [3.05, 3.63) is 35.9 Å². The van der Waals surface area contributed by atoms with E-state index in [1.54, 1.807) is 7.05 Å². The highest BCUT2D eigenvalue weighted by Crippen LogP contribution is 2.11. The summed E-state index contributed by atoms with van der Waals surface area (Å²) in [7, 11) is -1.79. The molecule has 112 valence electrons. The summed E-state index contributed by atoms with van der Waals surface area (Å²) >= 11 is 0. The number of hydrogen-bond donors (Lipinski definition) is 2. The van der Waals surface area contributed by atoms with Gasteiger partial charge in [0.2, 0.25) is 0 Å². The van der Waals surface area contributed by atoms with Gasteiger partial charge in [0.15, 0.2) is 0 Å². The van der Waals surface area contributed by atoms with Crippen molar-refractivity contribution in [3.63, 3.8) is 0 Å². The van der Waals surface area contributed by atoms with Crippen molar-refractivity contribution in [2.45, 2.75) is 19.4 Å². The molecule has 0 spiro atoms. The molecule has 1 aromatic carbocycles. The standard InChI is InChI=1S/C14H23N3O2S/c1-17(12-14-5-3-2-4-6-14)20(18,19)16-11-13-7-9-15-10-8-13/h2-6,13,15-16H,7-12H2,1H3. The number of hydrogen-bond acceptors (Lipinski definition) is 3. The highest BCUT2D eigenvalue weighted by atomic mass is 32.2. The topological polar surface area (TPSA) is 61.4 Å². The van der Waals surface area contributed by atoms with Crippen molar-refractivity contribution < 1.29 is 8.42 Å². The molecule has 0 unspecified atom stereocenters. The molecule has 1 saturated heterocycles. The van der Waals surface area contributed by atoms with Crippen LogP contribution in [-0.4, -0.2) is 39.4 Å². The molecule has 0 bridgehead atoms. The highest BCUT2D eigenvalue weighted by molar-refractivity contribution is 7.87. The molecule has 1 aliphatic rings. The first-order valence-corrected chi connectivity index (χ1v) is 8.47. The minimum Gasteiger partial charge on any atom is -0.317 e. The summed E-state index contributed by atoms with van der Waals surface area (Å²) in [4.78, 5) is 0. The molecule has 0 aromatic heterocycles. The molecule has 0 amide bonds. The van der Waals surface area contributed by atoms with Crippen LogP contribution in [0.2, 0.25) is 0 Å². The second-order valence-electron chi connectivity index (χ2n) is 5.29. The molecule has 0 radical (unpaired) electrons. The van der Waals surface area contributed by atoms with Gasteiger partial charge in [0.1, 0.15) is 0 Å². The van der Waals surface area contributed by atoms with Crippen molar-refractivity contribution >= 4 is 10.2 Å². The third-order valence-electron chi connectivity index (χ3n) is 3.67. The van der Waals surface area contributed by atoms with Gasteiger partial charge in [-0.2, -0.15) is 12.7 Å². The summed E-state index contributed by atoms with van der Waals surface area (Å²) < 4.78 is 28.4. The fraction of sp³-hybridized carbons (Fsp3) is 0.571. The second-order valence-corrected chi connectivity index (χ2v) is 7.15. The summed E-state index contributed by atoms with van der Waals surface area (Å²) in [5.41, 5.74) is 0.988. The van der Waals surface area contributed by atoms with E-state index < -0.39 is 10.2 Å². The number of nitrogens with one attached hydrogen (secondary N) is 2. The molecule has 5 nitrogen and oxygen atoms in total. The van der Waals surface area contributed by atoms with Gasteiger partial charge in [-0.05, 0) is 37.4 Å². The molecule has 2 rings (SSSR count). The maximum absolute atomic E-state index is 12.2. The number of benzene rings is 1. The number of rotatable bonds is 6. The lowest BCUT2D eigenvalue weighted by Crippen LogP contribution is -2.42. The van der Waals surface area contributed by atoms with Crippen LogP contribution in [0.4, 0.5) is 0 Å². The lowest BCUT2D eigenvalue weighted by molar-refractivity contribution is 0.366. The van der Waals surface area contributed by atoms with Gasteiger partial charge in [-0.1, -0.05) is 30.3 Å². The van der Waals surface area contributed by atoms with Gasteiger partial charge in [0.05, 0.1) is 0 Å². The normalized spacial score (nSPS) is 17.5. The molecule has 6 heteroatoms. The molecule has 0 atom stereocenters. The van der Waals surface area contributed by atoms with Crippen LogP contribution in [0.5, 0.6) is 0 Å². The lowest BCUT2D eigenvalue weighted by atomic mass is 9.99. The van der Waals surface area contributed by atoms with E-state index in [-0.39, 0.29) is 0 Å². The van der Waals surface area contributed by atoms with Crippen LogP contribution in [0, 0.1) is 5.92 Å². The van der Waals surface area contributed by atoms with Gasteiger partial charge in [-0.3, -0.25) is 0 Å². The molecule has 1 fully saturated rings. The van der Waals surface area contributed by atoms with Crippen LogP contribution in [0.1, 0.15) is 18.4 Å². The molecular formula is C14H23N3O2S. The predicted molar refractivity (Wildman–Crippen MR) is 80.4 cm³/mol. The molecule has 1 heterocycles. The van der Waals surface area contributed by atoms with E-state index in [2.05, 4.69) is 10.0 Å². The first kappa shape index (κ1) is 15.4. The molecule has 1 aliphatic heterocycles. The van der Waals surface area contributed by atoms with Crippen LogP contribution >= 0.6 is 0 Å². The van der Waals surface area contributed by atoms with Gasteiger partial charge in [-0.25, -0.2) is 4.72 Å². The SMILES string of the molecule is CN(Cc1ccccc1)S(=O)(=O)NCC1CCNCC1. The maximum Gasteiger partial charge on any atom is 0.279 e. The molecule has 2 N–H and O–H groups in total. The Kier molecular flexibility index (Phi) is 5.54. The summed E-state index contributed by atoms with van der Waals surface area (Å²) in [6.07, 6.45) is 2.07. The Labute approximate surface area is 121 Å². The Morgan fingerprint density at radius 3 is 2.55 bits per heavy atom. The quantitative estimate of drug-likeness (QED) is 0.822. The van der Waals surface area contributed by atoms with Gasteiger partial charge in [0, 0.05) is 20.1 Å². The first-order valence-electron chi connectivity index (χ1n) is 7.03. The van der Waals surface area contributed by atoms with Crippen molar-refractivity contribution in [2.24, 2.45) is 5.92 Å². The molecule has 20 heavy (non-hydrogen) atoms. The lowest BCUT2D eigenvalue weighted by Gasteiger charge is -2.24. The Morgan fingerprint density at radius 1 is 1.25 bits per heavy atom. The smallest absolute Gasteiger partial charge is 0.279 e. The van der Waals surface area contributed by atoms with Crippen molar-refractivity contribution in [2.75, 3.05) is 26.7 Å². The van der Waals surface area contributed by atoms with Crippen LogP contribution in [0.3, 0.4) is 0 Å². The van der Waals surface area contributed by atoms with E-state index in [9.17, 15) is 8.42 Å². The number of piperidine rings is 1. The fourth-order valence-corrected chi connectivity index (χ4v) is 3.33. The molecular weight excluding hydrogens is 274 g/mol. The third-order valence-corrected chi connectivity index (χ3v) is 5.15. The van der Waals surface area contributed by atoms with E-state index in [1.807, 2.05) is 30.3 Å². The van der Waals surface area contributed by atoms with E-state index in [1.165, 1.54) is 4.31 Å². The third kappa shape index (κ3) is 4.56. The molecule has 0 saturated carbocycles. The van der Waals surface area contributed by atoms with Gasteiger partial charge in [0.25, 0.3) is 10.2 Å². The second kappa shape index (κ2) is 7.17. The first-order chi connectivity index (χ1) is 9.58. The average Bonchev–Trinajstić information content (AvgIpc) is 2.47. The summed E-state index contributed by atoms with van der Waals surface area (Å²) in [6, 6.07) is 9.61. The zero-order chi connectivity index (χ0) is 14.4. The summed E-state index contributed by atoms with van der Waals surface area (Å²) in [5, 5.41) is 3.28. The van der Waals surface area contributed by atoms with Crippen LogP contribution in [0.25, 0.3) is 0 Å². The Hall–Kier alpha value is -0.950. The minimum absolute atomic E-state index is 0.391. The number of nitrogens with zero attached hydrogens (tertiary/aromatic N) is 1. The maximum atomic E-state index is 12.2. The van der Waals surface area contributed by atoms with E-state index >= 15 is 0 Å². The fourth-order valence-electron chi connectivity index (χ4n) is 2.34. The van der Waals surface area contributed by atoms with Crippen molar-refractivity contribution in [1.29, 1.82) is 0 Å². The van der Waals surface area contributed by atoms with E-state index in [0.29, 0.717) is 19.0 Å². The Bertz CT molecular complexity index is 498. The van der Waals surface area contributed by atoms with Crippen LogP contribution in [0.15, 0.2) is 30.3 Å².